The van der Waals surface area contributed by atoms with Crippen molar-refractivity contribution >= 4 is 12.1 Å². The van der Waals surface area contributed by atoms with E-state index in [9.17, 15) is 9.59 Å². The fourth-order valence-electron chi connectivity index (χ4n) is 6.68. The molecular weight excluding hydrogens is 224 g/mol. The summed E-state index contributed by atoms with van der Waals surface area (Å²) in [6.45, 7) is 8.95. The minimum Gasteiger partial charge on any atom is -0.303 e. The molecule has 4 aliphatic rings. The zero-order valence-electron chi connectivity index (χ0n) is 12.0. The Morgan fingerprint density at radius 1 is 0.944 bits per heavy atom. The molecule has 3 unspecified atom stereocenters. The topological polar surface area (TPSA) is 34.1 Å². The first-order chi connectivity index (χ1) is 8.14. The number of Topliss-reactive ketones (excluding diaryl/α,β-unsaturated/α-hetero) is 1. The van der Waals surface area contributed by atoms with Gasteiger partial charge in [-0.3, -0.25) is 4.79 Å². The summed E-state index contributed by atoms with van der Waals surface area (Å²) in [6.07, 6.45) is 6.22. The predicted octanol–water partition coefficient (Wildman–Crippen LogP) is 3.39. The van der Waals surface area contributed by atoms with Crippen LogP contribution in [0.15, 0.2) is 0 Å². The number of ketones is 1. The summed E-state index contributed by atoms with van der Waals surface area (Å²) >= 11 is 0. The molecule has 100 valence electrons. The molecule has 0 heterocycles. The van der Waals surface area contributed by atoms with Crippen LogP contribution in [0.3, 0.4) is 0 Å². The summed E-state index contributed by atoms with van der Waals surface area (Å²) in [5, 5.41) is 0. The van der Waals surface area contributed by atoms with Gasteiger partial charge in [0.2, 0.25) is 0 Å². The standard InChI is InChI=1S/C16H24O2/c1-13-6-14(2)8-15(3,7-13)11(5-17)12(18)16(4,9-13)10-14/h5,11H,6-10H2,1-4H3. The molecule has 0 N–H and O–H groups in total. The van der Waals surface area contributed by atoms with Crippen LogP contribution in [0.4, 0.5) is 0 Å². The van der Waals surface area contributed by atoms with Crippen LogP contribution in [-0.2, 0) is 9.59 Å². The molecule has 2 heteroatoms. The zero-order chi connectivity index (χ0) is 13.4. The number of fused-ring (bicyclic) bond motifs is 1. The third-order valence-corrected chi connectivity index (χ3v) is 5.91. The summed E-state index contributed by atoms with van der Waals surface area (Å²) in [4.78, 5) is 24.3. The van der Waals surface area contributed by atoms with Gasteiger partial charge < -0.3 is 4.79 Å². The van der Waals surface area contributed by atoms with E-state index in [0.717, 1.165) is 32.0 Å². The van der Waals surface area contributed by atoms with Gasteiger partial charge in [-0.15, -0.1) is 0 Å². The van der Waals surface area contributed by atoms with E-state index >= 15 is 0 Å². The first-order valence-electron chi connectivity index (χ1n) is 7.14. The summed E-state index contributed by atoms with van der Waals surface area (Å²) in [5.74, 6) is -0.140. The van der Waals surface area contributed by atoms with Crippen molar-refractivity contribution in [3.63, 3.8) is 0 Å². The number of carbonyl (C=O) groups excluding carboxylic acids is 2. The van der Waals surface area contributed by atoms with Gasteiger partial charge in [0.1, 0.15) is 12.1 Å². The molecule has 0 aromatic rings. The molecule has 0 radical (unpaired) electrons. The number of carbonyl (C=O) groups is 2. The van der Waals surface area contributed by atoms with E-state index in [-0.39, 0.29) is 33.4 Å². The molecular formula is C16H24O2. The van der Waals surface area contributed by atoms with Crippen molar-refractivity contribution in [2.45, 2.75) is 59.8 Å². The minimum absolute atomic E-state index is 0.102. The van der Waals surface area contributed by atoms with Crippen molar-refractivity contribution in [1.29, 1.82) is 0 Å². The Bertz CT molecular complexity index is 418. The van der Waals surface area contributed by atoms with E-state index in [0.29, 0.717) is 0 Å². The zero-order valence-corrected chi connectivity index (χ0v) is 12.0. The lowest BCUT2D eigenvalue weighted by molar-refractivity contribution is -0.138. The lowest BCUT2D eigenvalue weighted by Crippen LogP contribution is -2.48. The predicted molar refractivity (Wildman–Crippen MR) is 70.1 cm³/mol. The molecule has 0 amide bonds. The maximum absolute atomic E-state index is 12.8. The number of aldehydes is 1. The van der Waals surface area contributed by atoms with E-state index in [1.807, 2.05) is 0 Å². The van der Waals surface area contributed by atoms with Crippen LogP contribution in [0.5, 0.6) is 0 Å². The third kappa shape index (κ3) is 1.41. The first kappa shape index (κ1) is 12.4. The van der Waals surface area contributed by atoms with Crippen LogP contribution in [0.25, 0.3) is 0 Å². The van der Waals surface area contributed by atoms with Crippen molar-refractivity contribution in [2.75, 3.05) is 0 Å². The summed E-state index contributed by atoms with van der Waals surface area (Å²) in [6, 6.07) is 0. The summed E-state index contributed by atoms with van der Waals surface area (Å²) < 4.78 is 0. The highest BCUT2D eigenvalue weighted by Crippen LogP contribution is 2.70. The Kier molecular flexibility index (Phi) is 2.12. The Hall–Kier alpha value is -0.660. The molecule has 0 spiro atoms. The maximum Gasteiger partial charge on any atom is 0.149 e. The summed E-state index contributed by atoms with van der Waals surface area (Å²) in [5.41, 5.74) is 0.140. The van der Waals surface area contributed by atoms with Crippen LogP contribution < -0.4 is 0 Å². The molecule has 4 saturated carbocycles. The molecule has 3 atom stereocenters. The van der Waals surface area contributed by atoms with Gasteiger partial charge in [0, 0.05) is 5.41 Å². The van der Waals surface area contributed by atoms with E-state index in [4.69, 9.17) is 0 Å². The second kappa shape index (κ2) is 3.08. The lowest BCUT2D eigenvalue weighted by Gasteiger charge is -2.57. The van der Waals surface area contributed by atoms with Gasteiger partial charge in [-0.1, -0.05) is 27.7 Å². The third-order valence-electron chi connectivity index (χ3n) is 5.91. The van der Waals surface area contributed by atoms with Gasteiger partial charge in [0.25, 0.3) is 0 Å². The summed E-state index contributed by atoms with van der Waals surface area (Å²) in [7, 11) is 0. The Labute approximate surface area is 110 Å². The molecule has 4 rings (SSSR count). The van der Waals surface area contributed by atoms with Crippen molar-refractivity contribution in [1.82, 2.24) is 0 Å². The quantitative estimate of drug-likeness (QED) is 0.526. The molecule has 18 heavy (non-hydrogen) atoms. The number of hydrogen-bond donors (Lipinski definition) is 0. The molecule has 0 aliphatic heterocycles. The van der Waals surface area contributed by atoms with Crippen LogP contribution in [0.1, 0.15) is 59.8 Å². The number of rotatable bonds is 1. The average Bonchev–Trinajstić information content (AvgIpc) is 2.17. The van der Waals surface area contributed by atoms with Gasteiger partial charge in [-0.2, -0.15) is 0 Å². The highest BCUT2D eigenvalue weighted by atomic mass is 16.1. The fourth-order valence-corrected chi connectivity index (χ4v) is 6.68. The molecule has 0 saturated heterocycles. The van der Waals surface area contributed by atoms with Gasteiger partial charge >= 0.3 is 0 Å². The Balaban J connectivity index is 2.22. The monoisotopic (exact) mass is 248 g/mol. The van der Waals surface area contributed by atoms with Crippen LogP contribution in [0.2, 0.25) is 0 Å². The normalized spacial score (nSPS) is 58.7. The average molecular weight is 248 g/mol. The molecule has 0 aromatic carbocycles. The van der Waals surface area contributed by atoms with Gasteiger partial charge in [-0.25, -0.2) is 0 Å². The van der Waals surface area contributed by atoms with Crippen molar-refractivity contribution in [3.05, 3.63) is 0 Å². The van der Waals surface area contributed by atoms with Crippen molar-refractivity contribution in [3.8, 4) is 0 Å². The second-order valence-corrected chi connectivity index (χ2v) is 8.70. The highest BCUT2D eigenvalue weighted by molar-refractivity contribution is 5.98. The van der Waals surface area contributed by atoms with Gasteiger partial charge in [0.05, 0.1) is 5.92 Å². The molecule has 4 aliphatic carbocycles. The Morgan fingerprint density at radius 2 is 1.44 bits per heavy atom. The molecule has 0 aromatic heterocycles. The van der Waals surface area contributed by atoms with Gasteiger partial charge in [-0.05, 0) is 48.3 Å². The molecule has 2 nitrogen and oxygen atoms in total. The van der Waals surface area contributed by atoms with E-state index in [2.05, 4.69) is 27.7 Å². The van der Waals surface area contributed by atoms with Crippen molar-refractivity contribution in [2.24, 2.45) is 27.6 Å². The SMILES string of the molecule is CC12CC3(C)CC(C)(C1)C(=O)C(C=O)C(C)(C2)C3. The van der Waals surface area contributed by atoms with E-state index in [1.165, 1.54) is 6.42 Å². The van der Waals surface area contributed by atoms with Gasteiger partial charge in [0.15, 0.2) is 0 Å². The minimum atomic E-state index is -0.369. The fraction of sp³-hybridized carbons (Fsp3) is 0.875. The lowest BCUT2D eigenvalue weighted by atomic mass is 9.47. The maximum atomic E-state index is 12.8. The number of hydrogen-bond acceptors (Lipinski definition) is 2. The van der Waals surface area contributed by atoms with Crippen molar-refractivity contribution < 1.29 is 9.59 Å². The first-order valence-corrected chi connectivity index (χ1v) is 7.14. The largest absolute Gasteiger partial charge is 0.303 e. The second-order valence-electron chi connectivity index (χ2n) is 8.70. The van der Waals surface area contributed by atoms with E-state index in [1.54, 1.807) is 0 Å². The molecule has 4 fully saturated rings. The Morgan fingerprint density at radius 3 is 1.89 bits per heavy atom. The highest BCUT2D eigenvalue weighted by Gasteiger charge is 2.65. The van der Waals surface area contributed by atoms with Crippen LogP contribution in [0, 0.1) is 27.6 Å². The molecule has 4 bridgehead atoms. The van der Waals surface area contributed by atoms with Crippen LogP contribution in [-0.4, -0.2) is 12.1 Å². The van der Waals surface area contributed by atoms with Crippen LogP contribution >= 0.6 is 0 Å². The van der Waals surface area contributed by atoms with E-state index < -0.39 is 0 Å². The smallest absolute Gasteiger partial charge is 0.149 e.